The Morgan fingerprint density at radius 1 is 1.56 bits per heavy atom. The molecular weight excluding hydrogens is 112 g/mol. The van der Waals surface area contributed by atoms with Crippen molar-refractivity contribution in [2.45, 2.75) is 25.4 Å². The van der Waals surface area contributed by atoms with E-state index in [4.69, 9.17) is 0 Å². The van der Waals surface area contributed by atoms with Crippen LogP contribution >= 0.6 is 0 Å². The van der Waals surface area contributed by atoms with Crippen LogP contribution in [0.3, 0.4) is 0 Å². The average Bonchev–Trinajstić information content (AvgIpc) is 2.25. The first-order valence-corrected chi connectivity index (χ1v) is 3.77. The number of piperazine rings is 1. The Kier molecular flexibility index (Phi) is 1.24. The van der Waals surface area contributed by atoms with E-state index in [1.54, 1.807) is 0 Å². The minimum absolute atomic E-state index is 0.696. The van der Waals surface area contributed by atoms with Crippen LogP contribution in [0.25, 0.3) is 5.32 Å². The lowest BCUT2D eigenvalue weighted by Crippen LogP contribution is -2.38. The van der Waals surface area contributed by atoms with Gasteiger partial charge in [-0.2, -0.15) is 0 Å². The SMILES string of the molecule is CC1C[N-]C2CCN1C2. The number of nitrogens with zero attached hydrogens (tertiary/aromatic N) is 2. The molecule has 0 radical (unpaired) electrons. The lowest BCUT2D eigenvalue weighted by molar-refractivity contribution is 0.253. The smallest absolute Gasteiger partial charge is 0.00306 e. The summed E-state index contributed by atoms with van der Waals surface area (Å²) in [6.07, 6.45) is 1.31. The molecule has 0 aromatic heterocycles. The van der Waals surface area contributed by atoms with Crippen molar-refractivity contribution in [3.8, 4) is 0 Å². The second-order valence-corrected chi connectivity index (χ2v) is 3.15. The fourth-order valence-corrected chi connectivity index (χ4v) is 1.73. The highest BCUT2D eigenvalue weighted by molar-refractivity contribution is 5.06. The molecule has 0 saturated carbocycles. The van der Waals surface area contributed by atoms with E-state index in [0.717, 1.165) is 12.6 Å². The Bertz CT molecular complexity index is 113. The lowest BCUT2D eigenvalue weighted by atomic mass is 10.2. The summed E-state index contributed by atoms with van der Waals surface area (Å²) >= 11 is 0. The minimum atomic E-state index is 0.696. The molecule has 0 aromatic rings. The van der Waals surface area contributed by atoms with Crippen molar-refractivity contribution in [2.75, 3.05) is 19.6 Å². The summed E-state index contributed by atoms with van der Waals surface area (Å²) in [5.41, 5.74) is 0. The van der Waals surface area contributed by atoms with E-state index in [9.17, 15) is 0 Å². The summed E-state index contributed by atoms with van der Waals surface area (Å²) in [6.45, 7) is 5.87. The van der Waals surface area contributed by atoms with Gasteiger partial charge in [0, 0.05) is 0 Å². The lowest BCUT2D eigenvalue weighted by Gasteiger charge is -2.39. The molecule has 0 N–H and O–H groups in total. The molecule has 2 aliphatic rings. The highest BCUT2D eigenvalue weighted by atomic mass is 15.3. The number of fused-ring (bicyclic) bond motifs is 2. The largest absolute Gasteiger partial charge is 0.657 e. The maximum atomic E-state index is 4.53. The zero-order valence-corrected chi connectivity index (χ0v) is 5.88. The molecule has 2 bridgehead atoms. The van der Waals surface area contributed by atoms with Gasteiger partial charge in [-0.25, -0.2) is 0 Å². The highest BCUT2D eigenvalue weighted by Crippen LogP contribution is 2.24. The molecule has 0 spiro atoms. The molecule has 0 amide bonds. The van der Waals surface area contributed by atoms with Crippen LogP contribution in [0, 0.1) is 0 Å². The van der Waals surface area contributed by atoms with E-state index < -0.39 is 0 Å². The predicted molar refractivity (Wildman–Crippen MR) is 37.7 cm³/mol. The normalized spacial score (nSPS) is 49.7. The molecule has 3 unspecified atom stereocenters. The molecule has 2 aliphatic heterocycles. The van der Waals surface area contributed by atoms with Gasteiger partial charge in [-0.15, -0.1) is 12.6 Å². The Morgan fingerprint density at radius 3 is 3.22 bits per heavy atom. The van der Waals surface area contributed by atoms with Crippen molar-refractivity contribution in [3.05, 3.63) is 5.32 Å². The third-order valence-electron chi connectivity index (χ3n) is 2.45. The molecule has 0 aromatic carbocycles. The summed E-state index contributed by atoms with van der Waals surface area (Å²) in [5.74, 6) is 0. The van der Waals surface area contributed by atoms with Crippen molar-refractivity contribution >= 4 is 0 Å². The first-order chi connectivity index (χ1) is 4.36. The summed E-state index contributed by atoms with van der Waals surface area (Å²) in [5, 5.41) is 4.53. The third kappa shape index (κ3) is 0.864. The zero-order chi connectivity index (χ0) is 6.27. The summed E-state index contributed by atoms with van der Waals surface area (Å²) in [4.78, 5) is 2.54. The third-order valence-corrected chi connectivity index (χ3v) is 2.45. The van der Waals surface area contributed by atoms with Crippen molar-refractivity contribution < 1.29 is 0 Å². The molecule has 2 rings (SSSR count). The molecule has 2 saturated heterocycles. The summed E-state index contributed by atoms with van der Waals surface area (Å²) < 4.78 is 0. The Morgan fingerprint density at radius 2 is 2.44 bits per heavy atom. The number of rotatable bonds is 0. The van der Waals surface area contributed by atoms with Crippen molar-refractivity contribution in [1.29, 1.82) is 0 Å². The van der Waals surface area contributed by atoms with Gasteiger partial charge in [0.15, 0.2) is 0 Å². The maximum Gasteiger partial charge on any atom is -0.00306 e. The maximum absolute atomic E-state index is 4.53. The number of hydrogen-bond donors (Lipinski definition) is 0. The van der Waals surface area contributed by atoms with Gasteiger partial charge in [-0.3, -0.25) is 0 Å². The van der Waals surface area contributed by atoms with Gasteiger partial charge >= 0.3 is 0 Å². The van der Waals surface area contributed by atoms with Gasteiger partial charge in [-0.05, 0) is 19.1 Å². The molecule has 2 nitrogen and oxygen atoms in total. The van der Waals surface area contributed by atoms with E-state index in [-0.39, 0.29) is 0 Å². The van der Waals surface area contributed by atoms with E-state index >= 15 is 0 Å². The number of hydrogen-bond acceptors (Lipinski definition) is 1. The van der Waals surface area contributed by atoms with Crippen molar-refractivity contribution in [2.24, 2.45) is 0 Å². The van der Waals surface area contributed by atoms with E-state index in [1.165, 1.54) is 19.5 Å². The van der Waals surface area contributed by atoms with Gasteiger partial charge < -0.3 is 10.2 Å². The second kappa shape index (κ2) is 1.96. The van der Waals surface area contributed by atoms with Crippen LogP contribution in [0.5, 0.6) is 0 Å². The molecular formula is C7H13N2-. The Balaban J connectivity index is 2.05. The van der Waals surface area contributed by atoms with Crippen molar-refractivity contribution in [3.63, 3.8) is 0 Å². The van der Waals surface area contributed by atoms with Gasteiger partial charge in [-0.1, -0.05) is 13.3 Å². The Hall–Kier alpha value is -0.0800. The molecule has 2 heterocycles. The first-order valence-electron chi connectivity index (χ1n) is 3.77. The summed E-state index contributed by atoms with van der Waals surface area (Å²) in [7, 11) is 0. The Labute approximate surface area is 56.2 Å². The fourth-order valence-electron chi connectivity index (χ4n) is 1.73. The van der Waals surface area contributed by atoms with Crippen LogP contribution in [0.15, 0.2) is 0 Å². The van der Waals surface area contributed by atoms with Crippen molar-refractivity contribution in [1.82, 2.24) is 4.90 Å². The second-order valence-electron chi connectivity index (χ2n) is 3.15. The molecule has 52 valence electrons. The topological polar surface area (TPSA) is 17.3 Å². The minimum Gasteiger partial charge on any atom is -0.657 e. The zero-order valence-electron chi connectivity index (χ0n) is 5.88. The quantitative estimate of drug-likeness (QED) is 0.469. The molecule has 2 heteroatoms. The van der Waals surface area contributed by atoms with Gasteiger partial charge in [0.05, 0.1) is 0 Å². The van der Waals surface area contributed by atoms with Gasteiger partial charge in [0.25, 0.3) is 0 Å². The van der Waals surface area contributed by atoms with Crippen LogP contribution in [0.2, 0.25) is 0 Å². The van der Waals surface area contributed by atoms with Gasteiger partial charge in [0.2, 0.25) is 0 Å². The first kappa shape index (κ1) is 5.69. The van der Waals surface area contributed by atoms with Crippen LogP contribution in [-0.2, 0) is 0 Å². The molecule has 2 fully saturated rings. The van der Waals surface area contributed by atoms with E-state index in [0.29, 0.717) is 6.04 Å². The summed E-state index contributed by atoms with van der Waals surface area (Å²) in [6, 6.07) is 1.42. The average molecular weight is 125 g/mol. The van der Waals surface area contributed by atoms with Crippen LogP contribution < -0.4 is 0 Å². The predicted octanol–water partition coefficient (Wildman–Crippen LogP) is 0.837. The fraction of sp³-hybridized carbons (Fsp3) is 1.00. The monoisotopic (exact) mass is 125 g/mol. The van der Waals surface area contributed by atoms with Crippen LogP contribution in [0.1, 0.15) is 13.3 Å². The standard InChI is InChI=1S/C7H13N2/c1-6-4-8-7-2-3-9(6)5-7/h6-7H,2-5H2,1H3/q-1. The molecule has 3 atom stereocenters. The molecule has 9 heavy (non-hydrogen) atoms. The molecule has 0 aliphatic carbocycles. The van der Waals surface area contributed by atoms with Crippen LogP contribution in [0.4, 0.5) is 0 Å². The van der Waals surface area contributed by atoms with Crippen LogP contribution in [-0.4, -0.2) is 36.6 Å². The van der Waals surface area contributed by atoms with E-state index in [2.05, 4.69) is 17.1 Å². The van der Waals surface area contributed by atoms with Gasteiger partial charge in [0.1, 0.15) is 0 Å². The highest BCUT2D eigenvalue weighted by Gasteiger charge is 2.23. The van der Waals surface area contributed by atoms with E-state index in [1.807, 2.05) is 0 Å².